The van der Waals surface area contributed by atoms with Crippen molar-refractivity contribution in [1.82, 2.24) is 4.90 Å². The number of amides is 1. The topological polar surface area (TPSA) is 113 Å². The second-order valence-electron chi connectivity index (χ2n) is 10.2. The van der Waals surface area contributed by atoms with Crippen LogP contribution in [0.15, 0.2) is 48.5 Å². The molecule has 1 saturated heterocycles. The first-order valence-corrected chi connectivity index (χ1v) is 14.6. The second-order valence-corrected chi connectivity index (χ2v) is 12.1. The lowest BCUT2D eigenvalue weighted by molar-refractivity contribution is -0.141. The minimum Gasteiger partial charge on any atom is -0.457 e. The van der Waals surface area contributed by atoms with Crippen molar-refractivity contribution in [2.24, 2.45) is 11.7 Å². The number of nitrogens with two attached hydrogens (primary N) is 1. The van der Waals surface area contributed by atoms with E-state index in [0.717, 1.165) is 18.4 Å². The number of sulfonamides is 1. The summed E-state index contributed by atoms with van der Waals surface area (Å²) in [6, 6.07) is 15.0. The van der Waals surface area contributed by atoms with Crippen molar-refractivity contribution in [1.29, 1.82) is 0 Å². The van der Waals surface area contributed by atoms with Crippen LogP contribution in [0.25, 0.3) is 0 Å². The van der Waals surface area contributed by atoms with Gasteiger partial charge in [0.05, 0.1) is 11.9 Å². The molecule has 0 spiro atoms. The van der Waals surface area contributed by atoms with Crippen molar-refractivity contribution in [3.8, 4) is 11.5 Å². The first-order valence-electron chi connectivity index (χ1n) is 12.7. The van der Waals surface area contributed by atoms with E-state index >= 15 is 0 Å². The Bertz CT molecular complexity index is 1130. The van der Waals surface area contributed by atoms with Gasteiger partial charge in [0, 0.05) is 26.2 Å². The van der Waals surface area contributed by atoms with Crippen molar-refractivity contribution in [3.05, 3.63) is 54.1 Å². The van der Waals surface area contributed by atoms with Gasteiger partial charge in [-0.05, 0) is 73.6 Å². The van der Waals surface area contributed by atoms with Gasteiger partial charge in [-0.3, -0.25) is 14.0 Å². The van der Waals surface area contributed by atoms with E-state index in [9.17, 15) is 18.3 Å². The van der Waals surface area contributed by atoms with Gasteiger partial charge in [0.25, 0.3) is 0 Å². The highest BCUT2D eigenvalue weighted by Crippen LogP contribution is 2.30. The molecule has 4 rings (SSSR count). The summed E-state index contributed by atoms with van der Waals surface area (Å²) < 4.78 is 32.5. The summed E-state index contributed by atoms with van der Waals surface area (Å²) in [6.45, 7) is 2.45. The van der Waals surface area contributed by atoms with E-state index in [4.69, 9.17) is 10.5 Å². The van der Waals surface area contributed by atoms with Gasteiger partial charge in [-0.1, -0.05) is 31.4 Å². The zero-order valence-corrected chi connectivity index (χ0v) is 23.0. The van der Waals surface area contributed by atoms with Gasteiger partial charge in [-0.25, -0.2) is 8.42 Å². The zero-order chi connectivity index (χ0) is 25.8. The number of halogens is 1. The van der Waals surface area contributed by atoms with Crippen LogP contribution >= 0.6 is 12.4 Å². The van der Waals surface area contributed by atoms with E-state index in [0.29, 0.717) is 62.1 Å². The molecule has 2 aromatic carbocycles. The standard InChI is InChI=1S/C27H37N3O5S.ClH/c1-36(33,34)30(20-21-5-3-2-4-6-21)23-9-13-25(14-10-23)35-24-11-7-22(8-12-24)19-29-17-15-27(32,16-18-29)26(28)31;/h7-14,21,32H,2-6,15-20H2,1H3,(H2,28,31);1H. The number of benzene rings is 2. The fraction of sp³-hybridized carbons (Fsp3) is 0.519. The number of piperidine rings is 1. The van der Waals surface area contributed by atoms with Gasteiger partial charge in [-0.15, -0.1) is 12.4 Å². The van der Waals surface area contributed by atoms with Gasteiger partial charge in [-0.2, -0.15) is 0 Å². The molecule has 8 nitrogen and oxygen atoms in total. The fourth-order valence-corrected chi connectivity index (χ4v) is 6.09. The number of rotatable bonds is 9. The first-order chi connectivity index (χ1) is 17.1. The molecule has 0 bridgehead atoms. The number of anilines is 1. The molecule has 0 aromatic heterocycles. The number of nitrogens with zero attached hydrogens (tertiary/aromatic N) is 2. The Morgan fingerprint density at radius 3 is 2.08 bits per heavy atom. The molecule has 3 N–H and O–H groups in total. The molecule has 10 heteroatoms. The van der Waals surface area contributed by atoms with Crippen molar-refractivity contribution >= 4 is 34.0 Å². The third kappa shape index (κ3) is 7.83. The number of aliphatic hydroxyl groups is 1. The van der Waals surface area contributed by atoms with Gasteiger partial charge >= 0.3 is 0 Å². The molecule has 0 unspecified atom stereocenters. The summed E-state index contributed by atoms with van der Waals surface area (Å²) in [7, 11) is -3.37. The summed E-state index contributed by atoms with van der Waals surface area (Å²) in [5, 5.41) is 10.2. The lowest BCUT2D eigenvalue weighted by Crippen LogP contribution is -2.51. The summed E-state index contributed by atoms with van der Waals surface area (Å²) in [5.41, 5.74) is 5.69. The second kappa shape index (κ2) is 12.5. The minimum atomic E-state index is -3.37. The highest BCUT2D eigenvalue weighted by atomic mass is 35.5. The van der Waals surface area contributed by atoms with Crippen LogP contribution in [0.2, 0.25) is 0 Å². The van der Waals surface area contributed by atoms with Crippen molar-refractivity contribution in [2.45, 2.75) is 57.1 Å². The fourth-order valence-electron chi connectivity index (χ4n) is 5.10. The maximum absolute atomic E-state index is 12.5. The molecule has 1 aliphatic heterocycles. The number of primary amides is 1. The molecule has 1 aliphatic carbocycles. The number of carbonyl (C=O) groups excluding carboxylic acids is 1. The Balaban J connectivity index is 0.00000380. The van der Waals surface area contributed by atoms with Crippen molar-refractivity contribution < 1.29 is 23.1 Å². The van der Waals surface area contributed by atoms with Crippen LogP contribution in [0.3, 0.4) is 0 Å². The molecular formula is C27H38ClN3O5S. The van der Waals surface area contributed by atoms with E-state index in [1.54, 1.807) is 24.3 Å². The van der Waals surface area contributed by atoms with Crippen LogP contribution in [0, 0.1) is 5.92 Å². The Kier molecular flexibility index (Phi) is 9.86. The van der Waals surface area contributed by atoms with Crippen LogP contribution < -0.4 is 14.8 Å². The van der Waals surface area contributed by atoms with Crippen LogP contribution in [0.1, 0.15) is 50.5 Å². The average Bonchev–Trinajstić information content (AvgIpc) is 2.86. The van der Waals surface area contributed by atoms with Gasteiger partial charge in [0.1, 0.15) is 17.1 Å². The number of hydrogen-bond acceptors (Lipinski definition) is 6. The Morgan fingerprint density at radius 2 is 1.57 bits per heavy atom. The molecule has 1 amide bonds. The van der Waals surface area contributed by atoms with E-state index < -0.39 is 21.5 Å². The third-order valence-corrected chi connectivity index (χ3v) is 8.54. The highest BCUT2D eigenvalue weighted by molar-refractivity contribution is 7.92. The highest BCUT2D eigenvalue weighted by Gasteiger charge is 2.37. The Labute approximate surface area is 226 Å². The number of hydrogen-bond donors (Lipinski definition) is 2. The van der Waals surface area contributed by atoms with E-state index in [1.807, 2.05) is 24.3 Å². The van der Waals surface area contributed by atoms with E-state index in [2.05, 4.69) is 4.90 Å². The maximum Gasteiger partial charge on any atom is 0.249 e. The van der Waals surface area contributed by atoms with Crippen LogP contribution in [-0.4, -0.2) is 55.8 Å². The average molecular weight is 552 g/mol. The van der Waals surface area contributed by atoms with Crippen molar-refractivity contribution in [2.75, 3.05) is 30.2 Å². The van der Waals surface area contributed by atoms with Crippen LogP contribution in [-0.2, 0) is 21.4 Å². The Morgan fingerprint density at radius 1 is 1.03 bits per heavy atom. The molecule has 1 heterocycles. The first kappa shape index (κ1) is 29.2. The van der Waals surface area contributed by atoms with Crippen LogP contribution in [0.4, 0.5) is 5.69 Å². The van der Waals surface area contributed by atoms with E-state index in [1.165, 1.54) is 29.8 Å². The molecule has 2 aliphatic rings. The SMILES string of the molecule is CS(=O)(=O)N(CC1CCCCC1)c1ccc(Oc2ccc(CN3CCC(O)(C(N)=O)CC3)cc2)cc1.Cl. The lowest BCUT2D eigenvalue weighted by atomic mass is 9.89. The van der Waals surface area contributed by atoms with Gasteiger partial charge in [0.15, 0.2) is 0 Å². The summed E-state index contributed by atoms with van der Waals surface area (Å²) in [5.74, 6) is 1.09. The quantitative estimate of drug-likeness (QED) is 0.486. The molecule has 204 valence electrons. The molecule has 37 heavy (non-hydrogen) atoms. The number of ether oxygens (including phenoxy) is 1. The predicted octanol–water partition coefficient (Wildman–Crippen LogP) is 4.06. The largest absolute Gasteiger partial charge is 0.457 e. The minimum absolute atomic E-state index is 0. The maximum atomic E-state index is 12.5. The predicted molar refractivity (Wildman–Crippen MR) is 148 cm³/mol. The molecule has 0 radical (unpaired) electrons. The van der Waals surface area contributed by atoms with Crippen LogP contribution in [0.5, 0.6) is 11.5 Å². The molecule has 1 saturated carbocycles. The molecule has 2 aromatic rings. The molecule has 0 atom stereocenters. The number of likely N-dealkylation sites (tertiary alicyclic amines) is 1. The molecule has 2 fully saturated rings. The smallest absolute Gasteiger partial charge is 0.249 e. The van der Waals surface area contributed by atoms with Crippen molar-refractivity contribution in [3.63, 3.8) is 0 Å². The van der Waals surface area contributed by atoms with Gasteiger partial charge < -0.3 is 15.6 Å². The molecular weight excluding hydrogens is 514 g/mol. The summed E-state index contributed by atoms with van der Waals surface area (Å²) >= 11 is 0. The summed E-state index contributed by atoms with van der Waals surface area (Å²) in [6.07, 6.45) is 7.70. The third-order valence-electron chi connectivity index (χ3n) is 7.38. The normalized spacial score (nSPS) is 18.5. The zero-order valence-electron chi connectivity index (χ0n) is 21.3. The number of carbonyl (C=O) groups is 1. The van der Waals surface area contributed by atoms with E-state index in [-0.39, 0.29) is 12.4 Å². The van der Waals surface area contributed by atoms with Gasteiger partial charge in [0.2, 0.25) is 15.9 Å². The summed E-state index contributed by atoms with van der Waals surface area (Å²) in [4.78, 5) is 13.6. The Hall–Kier alpha value is -2.33. The monoisotopic (exact) mass is 551 g/mol. The lowest BCUT2D eigenvalue weighted by Gasteiger charge is -2.36.